The van der Waals surface area contributed by atoms with E-state index in [4.69, 9.17) is 32.3 Å². The highest BCUT2D eigenvalue weighted by atomic mass is 31.2. The van der Waals surface area contributed by atoms with Crippen molar-refractivity contribution in [1.82, 2.24) is 0 Å². The van der Waals surface area contributed by atoms with Crippen LogP contribution in [0.25, 0.3) is 0 Å². The van der Waals surface area contributed by atoms with Crippen LogP contribution in [0.2, 0.25) is 0 Å². The van der Waals surface area contributed by atoms with Crippen molar-refractivity contribution in [3.8, 4) is 0 Å². The van der Waals surface area contributed by atoms with Crippen molar-refractivity contribution in [3.05, 3.63) is 122 Å². The van der Waals surface area contributed by atoms with E-state index < -0.39 is 91.5 Å². The number of carbonyl (C=O) groups is 3. The molecule has 0 aromatic heterocycles. The largest absolute Gasteiger partial charge is 0.472 e. The van der Waals surface area contributed by atoms with E-state index in [0.29, 0.717) is 25.7 Å². The normalized spacial score (nSPS) is 14.8. The van der Waals surface area contributed by atoms with Crippen molar-refractivity contribution < 1.29 is 75.8 Å². The van der Waals surface area contributed by atoms with Crippen molar-refractivity contribution >= 4 is 33.6 Å². The zero-order valence-corrected chi connectivity index (χ0v) is 62.5. The number of phosphoric acid groups is 2. The Bertz CT molecular complexity index is 2250. The molecule has 0 saturated carbocycles. The lowest BCUT2D eigenvalue weighted by atomic mass is 10.0. The lowest BCUT2D eigenvalue weighted by molar-refractivity contribution is -0.161. The quantitative estimate of drug-likeness (QED) is 0.0146. The molecule has 0 heterocycles. The summed E-state index contributed by atoms with van der Waals surface area (Å²) >= 11 is 0. The molecule has 0 aromatic rings. The van der Waals surface area contributed by atoms with Gasteiger partial charge in [-0.2, -0.15) is 0 Å². The van der Waals surface area contributed by atoms with E-state index in [1.165, 1.54) is 141 Å². The summed E-state index contributed by atoms with van der Waals surface area (Å²) in [5.74, 6) is -1.67. The van der Waals surface area contributed by atoms with Gasteiger partial charge in [0.1, 0.15) is 25.4 Å². The topological polar surface area (TPSA) is 231 Å². The summed E-state index contributed by atoms with van der Waals surface area (Å²) in [7, 11) is -9.80. The number of ether oxygens (including phenoxy) is 3. The molecule has 0 bridgehead atoms. The summed E-state index contributed by atoms with van der Waals surface area (Å²) in [4.78, 5) is 58.4. The molecule has 0 aliphatic heterocycles. The average Bonchev–Trinajstić information content (AvgIpc) is 3.19. The maximum atomic E-state index is 12.9. The molecule has 4 N–H and O–H groups in total. The number of esters is 3. The van der Waals surface area contributed by atoms with Gasteiger partial charge in [0.15, 0.2) is 6.10 Å². The van der Waals surface area contributed by atoms with Gasteiger partial charge in [-0.1, -0.05) is 303 Å². The van der Waals surface area contributed by atoms with Gasteiger partial charge >= 0.3 is 33.6 Å². The van der Waals surface area contributed by atoms with E-state index in [1.54, 1.807) is 0 Å². The summed E-state index contributed by atoms with van der Waals surface area (Å²) in [6, 6.07) is 0. The van der Waals surface area contributed by atoms with Crippen LogP contribution < -0.4 is 0 Å². The minimum Gasteiger partial charge on any atom is -0.463 e. The molecule has 97 heavy (non-hydrogen) atoms. The predicted molar refractivity (Wildman–Crippen MR) is 399 cm³/mol. The molecule has 0 aliphatic rings. The molecular weight excluding hydrogens is 1270 g/mol. The van der Waals surface area contributed by atoms with E-state index in [-0.39, 0.29) is 19.3 Å². The Morgan fingerprint density at radius 2 is 0.567 bits per heavy atom. The molecule has 0 aliphatic carbocycles. The van der Waals surface area contributed by atoms with Crippen molar-refractivity contribution in [3.63, 3.8) is 0 Å². The standard InChI is InChI=1S/C79H136O16P2/c1-4-7-10-13-16-19-22-24-26-28-30-31-32-33-34-35-36-37-38-39-40-41-43-45-46-48-51-53-56-59-62-65-77(82)89-68-74(80)69-91-96(85,86)92-70-75(81)71-93-97(87,88)94-73-76(95-79(84)67-64-61-58-55-50-21-18-15-12-9-6-3)72-90-78(83)66-63-60-57-54-52-49-47-44-42-29-27-25-23-20-17-14-11-8-5-2/h8,11,16-17,19-20,24-27,30-31,33-34,42,44,49,52,57,60,74-76,80-81H,4-7,9-10,12-15,18,21-23,28-29,32,35-41,43,45-48,50-51,53-56,58-59,61-73H2,1-3H3,(H,85,86)(H,87,88)/b11-8-,19-16-,20-17-,26-24-,27-25-,31-30-,34-33-,44-42-,52-49-,60-57-. The Morgan fingerprint density at radius 3 is 0.948 bits per heavy atom. The number of carbonyl (C=O) groups excluding carboxylic acids is 3. The van der Waals surface area contributed by atoms with Crippen LogP contribution in [0.3, 0.4) is 0 Å². The Morgan fingerprint density at radius 1 is 0.299 bits per heavy atom. The molecule has 0 amide bonds. The monoisotopic (exact) mass is 1400 g/mol. The summed E-state index contributed by atoms with van der Waals surface area (Å²) < 4.78 is 60.9. The minimum absolute atomic E-state index is 0.0450. The number of phosphoric ester groups is 2. The van der Waals surface area contributed by atoms with Gasteiger partial charge in [-0.3, -0.25) is 32.5 Å². The van der Waals surface area contributed by atoms with Crippen LogP contribution in [0.15, 0.2) is 122 Å². The number of aliphatic hydroxyl groups is 2. The van der Waals surface area contributed by atoms with E-state index in [9.17, 15) is 43.5 Å². The van der Waals surface area contributed by atoms with Crippen molar-refractivity contribution in [2.45, 2.75) is 322 Å². The Labute approximate surface area is 589 Å². The van der Waals surface area contributed by atoms with Crippen LogP contribution in [0.1, 0.15) is 303 Å². The number of unbranched alkanes of at least 4 members (excludes halogenated alkanes) is 28. The Kier molecular flexibility index (Phi) is 68.8. The van der Waals surface area contributed by atoms with Crippen LogP contribution in [0, 0.1) is 0 Å². The van der Waals surface area contributed by atoms with Crippen LogP contribution in [-0.2, 0) is 55.8 Å². The van der Waals surface area contributed by atoms with Gasteiger partial charge in [0.2, 0.25) is 0 Å². The third-order valence-corrected chi connectivity index (χ3v) is 17.6. The molecule has 5 unspecified atom stereocenters. The summed E-state index contributed by atoms with van der Waals surface area (Å²) in [5, 5.41) is 20.6. The second-order valence-electron chi connectivity index (χ2n) is 25.1. The molecule has 16 nitrogen and oxygen atoms in total. The SMILES string of the molecule is CC/C=C\C/C=C\C/C=C\C/C=C\C/C=C\C/C=C\CCC(=O)OCC(COP(=O)(O)OCC(O)COP(=O)(O)OCC(O)COC(=O)CCCCCCCCCCCCCCCCC/C=C\C/C=C\C/C=C\C/C=C\CCCCC)OC(=O)CCCCCCCCCCCCC. The third kappa shape index (κ3) is 73.0. The maximum absolute atomic E-state index is 12.9. The zero-order chi connectivity index (χ0) is 70.9. The first kappa shape index (κ1) is 93.0. The van der Waals surface area contributed by atoms with Gasteiger partial charge in [0, 0.05) is 19.3 Å². The number of rotatable bonds is 71. The molecule has 18 heteroatoms. The van der Waals surface area contributed by atoms with Crippen LogP contribution in [0.4, 0.5) is 0 Å². The van der Waals surface area contributed by atoms with Gasteiger partial charge in [-0.15, -0.1) is 0 Å². The van der Waals surface area contributed by atoms with Crippen LogP contribution >= 0.6 is 15.6 Å². The van der Waals surface area contributed by atoms with Crippen molar-refractivity contribution in [1.29, 1.82) is 0 Å². The van der Waals surface area contributed by atoms with E-state index in [1.807, 2.05) is 18.2 Å². The molecule has 0 aromatic carbocycles. The van der Waals surface area contributed by atoms with Gasteiger partial charge in [-0.25, -0.2) is 9.13 Å². The summed E-state index contributed by atoms with van der Waals surface area (Å²) in [6.07, 6.45) is 84.3. The van der Waals surface area contributed by atoms with Gasteiger partial charge in [0.05, 0.1) is 26.4 Å². The highest BCUT2D eigenvalue weighted by molar-refractivity contribution is 7.47. The van der Waals surface area contributed by atoms with Crippen molar-refractivity contribution in [2.24, 2.45) is 0 Å². The maximum Gasteiger partial charge on any atom is 0.472 e. The number of allylic oxidation sites excluding steroid dienone is 20. The van der Waals surface area contributed by atoms with Gasteiger partial charge in [-0.05, 0) is 103 Å². The molecule has 0 rings (SSSR count). The highest BCUT2D eigenvalue weighted by Gasteiger charge is 2.29. The minimum atomic E-state index is -4.94. The number of hydrogen-bond donors (Lipinski definition) is 4. The van der Waals surface area contributed by atoms with E-state index in [2.05, 4.69) is 124 Å². The molecule has 0 fully saturated rings. The highest BCUT2D eigenvalue weighted by Crippen LogP contribution is 2.45. The lowest BCUT2D eigenvalue weighted by Crippen LogP contribution is -2.30. The van der Waals surface area contributed by atoms with Crippen LogP contribution in [-0.4, -0.2) is 95.9 Å². The lowest BCUT2D eigenvalue weighted by Gasteiger charge is -2.21. The fraction of sp³-hybridized carbons (Fsp3) is 0.709. The summed E-state index contributed by atoms with van der Waals surface area (Å²) in [6.45, 7) is 2.44. The smallest absolute Gasteiger partial charge is 0.463 e. The first-order valence-electron chi connectivity index (χ1n) is 37.8. The van der Waals surface area contributed by atoms with Crippen molar-refractivity contribution in [2.75, 3.05) is 39.6 Å². The first-order chi connectivity index (χ1) is 47.2. The fourth-order valence-corrected chi connectivity index (χ4v) is 11.5. The second kappa shape index (κ2) is 71.8. The molecule has 0 radical (unpaired) electrons. The Hall–Kier alpha value is -4.05. The molecule has 0 spiro atoms. The third-order valence-electron chi connectivity index (χ3n) is 15.7. The average molecular weight is 1400 g/mol. The first-order valence-corrected chi connectivity index (χ1v) is 40.8. The number of hydrogen-bond acceptors (Lipinski definition) is 14. The fourth-order valence-electron chi connectivity index (χ4n) is 9.93. The number of aliphatic hydroxyl groups excluding tert-OH is 2. The van der Waals surface area contributed by atoms with E-state index in [0.717, 1.165) is 96.3 Å². The van der Waals surface area contributed by atoms with Gasteiger partial charge < -0.3 is 34.2 Å². The molecule has 5 atom stereocenters. The summed E-state index contributed by atoms with van der Waals surface area (Å²) in [5.41, 5.74) is 0. The molecule has 558 valence electrons. The molecular formula is C79H136O16P2. The van der Waals surface area contributed by atoms with Gasteiger partial charge in [0.25, 0.3) is 0 Å². The van der Waals surface area contributed by atoms with Crippen LogP contribution in [0.5, 0.6) is 0 Å². The molecule has 0 saturated heterocycles. The predicted octanol–water partition coefficient (Wildman–Crippen LogP) is 21.8. The second-order valence-corrected chi connectivity index (χ2v) is 28.0. The Balaban J connectivity index is 4.44. The zero-order valence-electron chi connectivity index (χ0n) is 60.7. The van der Waals surface area contributed by atoms with E-state index >= 15 is 0 Å².